The Labute approximate surface area is 146 Å². The van der Waals surface area contributed by atoms with Gasteiger partial charge in [0, 0.05) is 16.6 Å². The van der Waals surface area contributed by atoms with E-state index in [4.69, 9.17) is 31.3 Å². The highest BCUT2D eigenvalue weighted by Gasteiger charge is 2.21. The number of halogens is 1. The number of nitrogens with one attached hydrogen (secondary N) is 1. The summed E-state index contributed by atoms with van der Waals surface area (Å²) in [5.74, 6) is 1.39. The molecule has 3 N–H and O–H groups in total. The largest absolute Gasteiger partial charge is 0.503 e. The standard InChI is InChI=1S/C16H22ClNO2.CH2O3/c1-11-5-3-6-12(9-11)18-16(19)10-13-14(17)7-4-8-15(13)20-2;2-1(3)4/h4,7-8,11-12H,3,5-6,9-10H2,1-2H3,(H,18,19);(H2,2,3,4). The molecule has 1 amide bonds. The van der Waals surface area contributed by atoms with Crippen molar-refractivity contribution in [1.82, 2.24) is 5.32 Å². The molecule has 1 aromatic rings. The van der Waals surface area contributed by atoms with E-state index in [9.17, 15) is 4.79 Å². The highest BCUT2D eigenvalue weighted by atomic mass is 35.5. The summed E-state index contributed by atoms with van der Waals surface area (Å²) in [4.78, 5) is 20.7. The molecule has 1 aliphatic rings. The van der Waals surface area contributed by atoms with Gasteiger partial charge in [0.2, 0.25) is 5.91 Å². The Morgan fingerprint density at radius 1 is 1.33 bits per heavy atom. The summed E-state index contributed by atoms with van der Waals surface area (Å²) in [6.07, 6.45) is 3.06. The van der Waals surface area contributed by atoms with E-state index >= 15 is 0 Å². The van der Waals surface area contributed by atoms with E-state index in [-0.39, 0.29) is 12.3 Å². The topological polar surface area (TPSA) is 95.9 Å². The quantitative estimate of drug-likeness (QED) is 0.761. The molecule has 0 saturated heterocycles. The Kier molecular flexibility index (Phi) is 8.40. The van der Waals surface area contributed by atoms with Crippen molar-refractivity contribution in [2.75, 3.05) is 7.11 Å². The molecule has 0 aromatic heterocycles. The summed E-state index contributed by atoms with van der Waals surface area (Å²) in [6.45, 7) is 2.25. The van der Waals surface area contributed by atoms with Crippen LogP contribution < -0.4 is 10.1 Å². The first-order valence-electron chi connectivity index (χ1n) is 7.86. The average Bonchev–Trinajstić information content (AvgIpc) is 2.48. The fourth-order valence-corrected chi connectivity index (χ4v) is 3.14. The first kappa shape index (κ1) is 20.1. The molecule has 2 rings (SSSR count). The second kappa shape index (κ2) is 10.0. The van der Waals surface area contributed by atoms with Crippen molar-refractivity contribution in [1.29, 1.82) is 0 Å². The van der Waals surface area contributed by atoms with Gasteiger partial charge in [0.25, 0.3) is 0 Å². The molecule has 0 heterocycles. The summed E-state index contributed by atoms with van der Waals surface area (Å²) in [6, 6.07) is 5.75. The molecule has 0 radical (unpaired) electrons. The van der Waals surface area contributed by atoms with Gasteiger partial charge in [-0.05, 0) is 30.9 Å². The lowest BCUT2D eigenvalue weighted by Gasteiger charge is -2.27. The third-order valence-electron chi connectivity index (χ3n) is 3.93. The summed E-state index contributed by atoms with van der Waals surface area (Å²) >= 11 is 6.16. The molecule has 7 heteroatoms. The molecule has 0 spiro atoms. The van der Waals surface area contributed by atoms with Crippen LogP contribution in [0.1, 0.15) is 38.2 Å². The van der Waals surface area contributed by atoms with Crippen LogP contribution >= 0.6 is 11.6 Å². The maximum absolute atomic E-state index is 12.2. The van der Waals surface area contributed by atoms with Crippen molar-refractivity contribution in [2.45, 2.75) is 45.1 Å². The number of carbonyl (C=O) groups is 2. The summed E-state index contributed by atoms with van der Waals surface area (Å²) < 4.78 is 5.27. The lowest BCUT2D eigenvalue weighted by molar-refractivity contribution is -0.121. The third kappa shape index (κ3) is 7.08. The maximum Gasteiger partial charge on any atom is 0.503 e. The number of carbonyl (C=O) groups excluding carboxylic acids is 1. The number of hydrogen-bond donors (Lipinski definition) is 3. The zero-order valence-electron chi connectivity index (χ0n) is 13.9. The summed E-state index contributed by atoms with van der Waals surface area (Å²) in [5.41, 5.74) is 0.762. The van der Waals surface area contributed by atoms with E-state index < -0.39 is 6.16 Å². The Morgan fingerprint density at radius 3 is 2.58 bits per heavy atom. The Hall–Kier alpha value is -1.95. The minimum Gasteiger partial charge on any atom is -0.496 e. The molecule has 1 saturated carbocycles. The van der Waals surface area contributed by atoms with Gasteiger partial charge in [0.05, 0.1) is 13.5 Å². The van der Waals surface area contributed by atoms with Crippen LogP contribution in [0, 0.1) is 5.92 Å². The van der Waals surface area contributed by atoms with Gasteiger partial charge >= 0.3 is 6.16 Å². The number of amides is 1. The normalized spacial score (nSPS) is 19.6. The lowest BCUT2D eigenvalue weighted by Crippen LogP contribution is -2.38. The Balaban J connectivity index is 0.000000648. The van der Waals surface area contributed by atoms with Crippen LogP contribution in [-0.2, 0) is 11.2 Å². The van der Waals surface area contributed by atoms with Crippen LogP contribution in [0.3, 0.4) is 0 Å². The fourth-order valence-electron chi connectivity index (χ4n) is 2.91. The third-order valence-corrected chi connectivity index (χ3v) is 4.29. The second-order valence-electron chi connectivity index (χ2n) is 5.92. The predicted molar refractivity (Wildman–Crippen MR) is 91.9 cm³/mol. The van der Waals surface area contributed by atoms with Gasteiger partial charge in [-0.15, -0.1) is 0 Å². The van der Waals surface area contributed by atoms with E-state index in [0.29, 0.717) is 22.7 Å². The second-order valence-corrected chi connectivity index (χ2v) is 6.32. The first-order valence-corrected chi connectivity index (χ1v) is 8.23. The smallest absolute Gasteiger partial charge is 0.496 e. The van der Waals surface area contributed by atoms with Crippen LogP contribution in [0.2, 0.25) is 5.02 Å². The van der Waals surface area contributed by atoms with Gasteiger partial charge in [-0.25, -0.2) is 4.79 Å². The van der Waals surface area contributed by atoms with E-state index in [0.717, 1.165) is 18.4 Å². The summed E-state index contributed by atoms with van der Waals surface area (Å²) in [5, 5.41) is 17.6. The molecule has 0 aliphatic heterocycles. The highest BCUT2D eigenvalue weighted by Crippen LogP contribution is 2.27. The molecule has 134 valence electrons. The van der Waals surface area contributed by atoms with Crippen molar-refractivity contribution in [3.63, 3.8) is 0 Å². The zero-order valence-corrected chi connectivity index (χ0v) is 14.7. The van der Waals surface area contributed by atoms with Gasteiger partial charge < -0.3 is 20.3 Å². The van der Waals surface area contributed by atoms with Crippen LogP contribution in [-0.4, -0.2) is 35.4 Å². The minimum atomic E-state index is -1.83. The Bertz CT molecular complexity index is 560. The predicted octanol–water partition coefficient (Wildman–Crippen LogP) is 3.81. The molecule has 24 heavy (non-hydrogen) atoms. The van der Waals surface area contributed by atoms with Gasteiger partial charge in [-0.2, -0.15) is 0 Å². The minimum absolute atomic E-state index is 0.0236. The number of carboxylic acid groups (broad SMARTS) is 2. The molecule has 1 aromatic carbocycles. The SMILES string of the molecule is COc1cccc(Cl)c1CC(=O)NC1CCCC(C)C1.O=C(O)O. The molecule has 0 bridgehead atoms. The monoisotopic (exact) mass is 357 g/mol. The van der Waals surface area contributed by atoms with Gasteiger partial charge in [0.15, 0.2) is 0 Å². The van der Waals surface area contributed by atoms with E-state index in [2.05, 4.69) is 12.2 Å². The van der Waals surface area contributed by atoms with Crippen LogP contribution in [0.15, 0.2) is 18.2 Å². The van der Waals surface area contributed by atoms with Crippen molar-refractivity contribution in [3.8, 4) is 5.75 Å². The molecular weight excluding hydrogens is 334 g/mol. The number of ether oxygens (including phenoxy) is 1. The first-order chi connectivity index (χ1) is 11.3. The number of rotatable bonds is 4. The van der Waals surface area contributed by atoms with E-state index in [1.54, 1.807) is 13.2 Å². The van der Waals surface area contributed by atoms with Gasteiger partial charge in [-0.1, -0.05) is 37.4 Å². The molecule has 2 unspecified atom stereocenters. The van der Waals surface area contributed by atoms with Crippen molar-refractivity contribution in [3.05, 3.63) is 28.8 Å². The van der Waals surface area contributed by atoms with Crippen LogP contribution in [0.25, 0.3) is 0 Å². The van der Waals surface area contributed by atoms with E-state index in [1.165, 1.54) is 12.8 Å². The van der Waals surface area contributed by atoms with Crippen LogP contribution in [0.5, 0.6) is 5.75 Å². The Morgan fingerprint density at radius 2 is 2.00 bits per heavy atom. The van der Waals surface area contributed by atoms with Crippen molar-refractivity contribution >= 4 is 23.7 Å². The van der Waals surface area contributed by atoms with Crippen molar-refractivity contribution in [2.24, 2.45) is 5.92 Å². The lowest BCUT2D eigenvalue weighted by atomic mass is 9.87. The highest BCUT2D eigenvalue weighted by molar-refractivity contribution is 6.31. The number of methoxy groups -OCH3 is 1. The molecule has 2 atom stereocenters. The molecule has 1 aliphatic carbocycles. The fraction of sp³-hybridized carbons (Fsp3) is 0.529. The van der Waals surface area contributed by atoms with Gasteiger partial charge in [-0.3, -0.25) is 4.79 Å². The van der Waals surface area contributed by atoms with Gasteiger partial charge in [0.1, 0.15) is 5.75 Å². The molecule has 6 nitrogen and oxygen atoms in total. The van der Waals surface area contributed by atoms with Crippen LogP contribution in [0.4, 0.5) is 4.79 Å². The number of hydrogen-bond acceptors (Lipinski definition) is 3. The molecule has 1 fully saturated rings. The molecular formula is C17H24ClNO5. The summed E-state index contributed by atoms with van der Waals surface area (Å²) in [7, 11) is 1.59. The van der Waals surface area contributed by atoms with Crippen molar-refractivity contribution < 1.29 is 24.5 Å². The van der Waals surface area contributed by atoms with E-state index in [1.807, 2.05) is 12.1 Å². The number of benzene rings is 1. The zero-order chi connectivity index (χ0) is 18.1. The maximum atomic E-state index is 12.2. The average molecular weight is 358 g/mol.